The van der Waals surface area contributed by atoms with Gasteiger partial charge in [-0.1, -0.05) is 70.4 Å². The fraction of sp³-hybridized carbons (Fsp3) is 0.789. The van der Waals surface area contributed by atoms with E-state index in [2.05, 4.69) is 23.8 Å². The number of hydrogen-bond donors (Lipinski definition) is 0. The Balaban J connectivity index is 0. The third-order valence-corrected chi connectivity index (χ3v) is 3.82. The number of rotatable bonds is 16. The molecule has 4 heteroatoms. The predicted octanol–water partition coefficient (Wildman–Crippen LogP) is 5.08. The van der Waals surface area contributed by atoms with Crippen LogP contribution in [-0.2, 0) is 14.3 Å². The van der Waals surface area contributed by atoms with Crippen LogP contribution in [-0.4, -0.2) is 42.0 Å². The van der Waals surface area contributed by atoms with Crippen LogP contribution in [0.25, 0.3) is 0 Å². The number of allylic oxidation sites excluding steroid dienone is 2. The van der Waals surface area contributed by atoms with Gasteiger partial charge in [0, 0.05) is 6.42 Å². The van der Waals surface area contributed by atoms with Gasteiger partial charge in [-0.25, -0.2) is 0 Å². The molecule has 0 aromatic rings. The Bertz CT molecular complexity index is 290. The first-order valence-corrected chi connectivity index (χ1v) is 9.09. The predicted molar refractivity (Wildman–Crippen MR) is 98.8 cm³/mol. The zero-order valence-electron chi connectivity index (χ0n) is 14.4. The summed E-state index contributed by atoms with van der Waals surface area (Å²) in [4.78, 5) is 20.8. The Kier molecular flexibility index (Phi) is 23.9. The summed E-state index contributed by atoms with van der Waals surface area (Å²) in [5, 5.41) is 0. The van der Waals surface area contributed by atoms with Gasteiger partial charge in [-0.05, 0) is 32.1 Å². The van der Waals surface area contributed by atoms with Crippen molar-refractivity contribution in [3.05, 3.63) is 12.2 Å². The maximum atomic E-state index is 10.9. The molecule has 23 heavy (non-hydrogen) atoms. The summed E-state index contributed by atoms with van der Waals surface area (Å²) in [6.07, 6.45) is 21.0. The molecule has 0 saturated heterocycles. The van der Waals surface area contributed by atoms with E-state index in [4.69, 9.17) is 0 Å². The van der Waals surface area contributed by atoms with Crippen molar-refractivity contribution in [2.24, 2.45) is 0 Å². The minimum absolute atomic E-state index is 0. The van der Waals surface area contributed by atoms with Crippen molar-refractivity contribution in [1.82, 2.24) is 0 Å². The summed E-state index contributed by atoms with van der Waals surface area (Å²) < 4.78 is 4.23. The van der Waals surface area contributed by atoms with Crippen molar-refractivity contribution < 1.29 is 14.3 Å². The molecule has 0 spiro atoms. The Morgan fingerprint density at radius 1 is 0.783 bits per heavy atom. The van der Waals surface area contributed by atoms with Crippen molar-refractivity contribution in [2.75, 3.05) is 0 Å². The van der Waals surface area contributed by atoms with Gasteiger partial charge in [0.05, 0.1) is 0 Å². The summed E-state index contributed by atoms with van der Waals surface area (Å²) in [5.74, 6) is -0.410. The number of unbranched alkanes of at least 4 members (excludes halogenated alkanes) is 11. The van der Waals surface area contributed by atoms with Crippen LogP contribution in [0.4, 0.5) is 0 Å². The fourth-order valence-corrected chi connectivity index (χ4v) is 2.45. The molecule has 0 amide bonds. The first kappa shape index (κ1) is 25.1. The quantitative estimate of drug-likeness (QED) is 0.0987. The summed E-state index contributed by atoms with van der Waals surface area (Å²) in [7, 11) is 0. The molecule has 0 atom stereocenters. The molecule has 0 bridgehead atoms. The molecule has 3 nitrogen and oxygen atoms in total. The van der Waals surface area contributed by atoms with Crippen LogP contribution in [0.5, 0.6) is 0 Å². The second kappa shape index (κ2) is 21.9. The average molecular weight is 334 g/mol. The first-order chi connectivity index (χ1) is 10.8. The van der Waals surface area contributed by atoms with Crippen molar-refractivity contribution >= 4 is 42.0 Å². The minimum atomic E-state index is -0.410. The summed E-state index contributed by atoms with van der Waals surface area (Å²) in [6.45, 7) is 2.46. The fourth-order valence-electron chi connectivity index (χ4n) is 2.45. The molecule has 0 aliphatic rings. The molecule has 0 unspecified atom stereocenters. The van der Waals surface area contributed by atoms with E-state index in [0.29, 0.717) is 6.42 Å². The third kappa shape index (κ3) is 21.9. The summed E-state index contributed by atoms with van der Waals surface area (Å²) >= 11 is 0. The van der Waals surface area contributed by atoms with Crippen LogP contribution in [0.2, 0.25) is 0 Å². The molecule has 0 aliphatic heterocycles. The van der Waals surface area contributed by atoms with E-state index in [9.17, 15) is 9.59 Å². The average Bonchev–Trinajstić information content (AvgIpc) is 2.51. The molecule has 0 fully saturated rings. The Morgan fingerprint density at radius 2 is 1.26 bits per heavy atom. The zero-order valence-corrected chi connectivity index (χ0v) is 14.4. The second-order valence-electron chi connectivity index (χ2n) is 5.92. The number of carbonyl (C=O) groups is 2. The monoisotopic (exact) mass is 334 g/mol. The van der Waals surface area contributed by atoms with Crippen LogP contribution in [0.1, 0.15) is 96.8 Å². The van der Waals surface area contributed by atoms with Crippen molar-refractivity contribution in [3.63, 3.8) is 0 Å². The van der Waals surface area contributed by atoms with Gasteiger partial charge in [-0.2, -0.15) is 0 Å². The maximum absolute atomic E-state index is 10.9. The first-order valence-electron chi connectivity index (χ1n) is 9.09. The van der Waals surface area contributed by atoms with E-state index in [1.165, 1.54) is 64.2 Å². The van der Waals surface area contributed by atoms with E-state index >= 15 is 0 Å². The van der Waals surface area contributed by atoms with Crippen LogP contribution < -0.4 is 0 Å². The molecule has 130 valence electrons. The van der Waals surface area contributed by atoms with E-state index in [1.807, 2.05) is 0 Å². The molecule has 0 rings (SSSR count). The topological polar surface area (TPSA) is 43.4 Å². The van der Waals surface area contributed by atoms with Crippen molar-refractivity contribution in [3.8, 4) is 0 Å². The van der Waals surface area contributed by atoms with E-state index in [-0.39, 0.29) is 36.0 Å². The summed E-state index contributed by atoms with van der Waals surface area (Å²) in [5.41, 5.74) is 0. The molecular formula is C19H35NaO3. The van der Waals surface area contributed by atoms with Gasteiger partial charge in [-0.15, -0.1) is 0 Å². The number of ether oxygens (including phenoxy) is 1. The number of hydrogen-bond acceptors (Lipinski definition) is 3. The van der Waals surface area contributed by atoms with E-state index in [1.54, 1.807) is 0 Å². The van der Waals surface area contributed by atoms with E-state index < -0.39 is 5.97 Å². The van der Waals surface area contributed by atoms with Gasteiger partial charge in [0.25, 0.3) is 0 Å². The van der Waals surface area contributed by atoms with Gasteiger partial charge in [-0.3, -0.25) is 9.59 Å². The molecule has 0 heterocycles. The van der Waals surface area contributed by atoms with Gasteiger partial charge in [0.1, 0.15) is 0 Å². The molecular weight excluding hydrogens is 299 g/mol. The van der Waals surface area contributed by atoms with Crippen LogP contribution in [0.3, 0.4) is 0 Å². The van der Waals surface area contributed by atoms with Crippen LogP contribution >= 0.6 is 0 Å². The Morgan fingerprint density at radius 3 is 1.78 bits per heavy atom. The molecule has 0 aromatic carbocycles. The number of carbonyl (C=O) groups excluding carboxylic acids is 2. The molecule has 0 aliphatic carbocycles. The SMILES string of the molecule is CCCCCCCC/C=C\CCCCCCCC(=O)OC=O.[NaH]. The second-order valence-corrected chi connectivity index (χ2v) is 5.92. The molecule has 0 aromatic heterocycles. The number of esters is 1. The third-order valence-electron chi connectivity index (χ3n) is 3.82. The summed E-state index contributed by atoms with van der Waals surface area (Å²) in [6, 6.07) is 0. The normalized spacial score (nSPS) is 10.5. The molecule has 0 saturated carbocycles. The molecule has 0 N–H and O–H groups in total. The standard InChI is InChI=1S/C19H34O3.Na.H/c1-2-3-4-5-6-7-8-9-10-11-12-13-14-15-16-17-19(21)22-18-20;;/h9-10,18H,2-8,11-17H2,1H3;;/b10-9-;;. The Hall–Kier alpha value is -0.120. The van der Waals surface area contributed by atoms with Gasteiger partial charge in [0.2, 0.25) is 0 Å². The zero-order chi connectivity index (χ0) is 16.3. The van der Waals surface area contributed by atoms with E-state index in [0.717, 1.165) is 19.3 Å². The van der Waals surface area contributed by atoms with Gasteiger partial charge < -0.3 is 4.74 Å². The Labute approximate surface area is 164 Å². The van der Waals surface area contributed by atoms with Crippen LogP contribution in [0.15, 0.2) is 12.2 Å². The van der Waals surface area contributed by atoms with Crippen LogP contribution in [0, 0.1) is 0 Å². The van der Waals surface area contributed by atoms with Crippen molar-refractivity contribution in [1.29, 1.82) is 0 Å². The van der Waals surface area contributed by atoms with Gasteiger partial charge in [0.15, 0.2) is 0 Å². The van der Waals surface area contributed by atoms with Gasteiger partial charge >= 0.3 is 42.0 Å². The molecule has 0 radical (unpaired) electrons. The van der Waals surface area contributed by atoms with Crippen molar-refractivity contribution in [2.45, 2.75) is 96.8 Å².